The molecule has 13 rings (SSSR count). The van der Waals surface area contributed by atoms with Crippen LogP contribution in [0.25, 0.3) is 133 Å². The van der Waals surface area contributed by atoms with Gasteiger partial charge in [0.1, 0.15) is 22.3 Å². The monoisotopic (exact) mass is 791 g/mol. The predicted molar refractivity (Wildman–Crippen MR) is 254 cm³/mol. The van der Waals surface area contributed by atoms with E-state index >= 15 is 0 Å². The molecule has 5 heteroatoms. The van der Waals surface area contributed by atoms with Gasteiger partial charge in [0.15, 0.2) is 17.5 Å². The Balaban J connectivity index is 1.03. The number of aromatic nitrogens is 3. The zero-order valence-electron chi connectivity index (χ0n) is 33.2. The Morgan fingerprint density at radius 2 is 0.758 bits per heavy atom. The van der Waals surface area contributed by atoms with Gasteiger partial charge in [-0.1, -0.05) is 152 Å². The topological polar surface area (TPSA) is 65.0 Å². The second-order valence-electron chi connectivity index (χ2n) is 15.9. The van der Waals surface area contributed by atoms with Crippen molar-refractivity contribution in [2.24, 2.45) is 0 Å². The average Bonchev–Trinajstić information content (AvgIpc) is 3.92. The highest BCUT2D eigenvalue weighted by molar-refractivity contribution is 6.21. The van der Waals surface area contributed by atoms with Gasteiger partial charge < -0.3 is 8.83 Å². The lowest BCUT2D eigenvalue weighted by molar-refractivity contribution is 0.668. The lowest BCUT2D eigenvalue weighted by atomic mass is 9.92. The van der Waals surface area contributed by atoms with Gasteiger partial charge in [0.05, 0.1) is 0 Å². The smallest absolute Gasteiger partial charge is 0.164 e. The predicted octanol–water partition coefficient (Wildman–Crippen LogP) is 15.5. The van der Waals surface area contributed by atoms with Crippen molar-refractivity contribution in [2.45, 2.75) is 0 Å². The molecule has 3 aromatic heterocycles. The zero-order valence-corrected chi connectivity index (χ0v) is 33.2. The van der Waals surface area contributed by atoms with Gasteiger partial charge >= 0.3 is 0 Å². The maximum absolute atomic E-state index is 6.32. The van der Waals surface area contributed by atoms with Crippen LogP contribution in [-0.2, 0) is 0 Å². The Kier molecular flexibility index (Phi) is 7.54. The number of fused-ring (bicyclic) bond motifs is 10. The summed E-state index contributed by atoms with van der Waals surface area (Å²) in [7, 11) is 0. The summed E-state index contributed by atoms with van der Waals surface area (Å²) in [5.41, 5.74) is 10.8. The summed E-state index contributed by atoms with van der Waals surface area (Å²) < 4.78 is 12.6. The standard InChI is InChI=1S/C57H33N3O2/c1-2-12-34(13-3-1)35-24-25-37-33-38(27-26-36(37)32-35)55-58-56(45-20-10-18-44-42(45)30-31-52-54(44)48-17-7-9-22-50(48)62-52)60-57(59-55)46-29-28-41(39-14-4-5-15-40(39)46)43-19-11-23-51-53(43)47-16-6-8-21-49(47)61-51/h1-33H. The lowest BCUT2D eigenvalue weighted by Gasteiger charge is -2.14. The molecule has 0 aliphatic rings. The SMILES string of the molecule is c1ccc(-c2ccc3cc(-c4nc(-c5ccc(-c6cccc7oc8ccccc8c67)c6ccccc56)nc(-c5cccc6c5ccc5oc7ccccc7c56)n4)ccc3c2)cc1. The number of hydrogen-bond acceptors (Lipinski definition) is 5. The summed E-state index contributed by atoms with van der Waals surface area (Å²) in [6.07, 6.45) is 0. The van der Waals surface area contributed by atoms with Crippen molar-refractivity contribution >= 4 is 76.2 Å². The van der Waals surface area contributed by atoms with Crippen LogP contribution in [0.2, 0.25) is 0 Å². The summed E-state index contributed by atoms with van der Waals surface area (Å²) >= 11 is 0. The summed E-state index contributed by atoms with van der Waals surface area (Å²) in [6, 6.07) is 69.8. The Bertz CT molecular complexity index is 3940. The van der Waals surface area contributed by atoms with Crippen molar-refractivity contribution < 1.29 is 8.83 Å². The molecule has 0 N–H and O–H groups in total. The van der Waals surface area contributed by atoms with Crippen LogP contribution >= 0.6 is 0 Å². The van der Waals surface area contributed by atoms with E-state index in [1.807, 2.05) is 36.4 Å². The molecular weight excluding hydrogens is 759 g/mol. The molecule has 0 amide bonds. The highest BCUT2D eigenvalue weighted by Crippen LogP contribution is 2.43. The average molecular weight is 792 g/mol. The van der Waals surface area contributed by atoms with E-state index in [4.69, 9.17) is 23.8 Å². The van der Waals surface area contributed by atoms with E-state index < -0.39 is 0 Å². The molecule has 62 heavy (non-hydrogen) atoms. The zero-order chi connectivity index (χ0) is 40.7. The molecule has 0 saturated heterocycles. The first kappa shape index (κ1) is 34.5. The molecule has 0 bridgehead atoms. The molecule has 0 aliphatic heterocycles. The maximum Gasteiger partial charge on any atom is 0.164 e. The molecule has 3 heterocycles. The molecule has 0 fully saturated rings. The Morgan fingerprint density at radius 3 is 1.52 bits per heavy atom. The molecule has 0 aliphatic carbocycles. The second kappa shape index (κ2) is 13.6. The first-order valence-electron chi connectivity index (χ1n) is 20.8. The minimum absolute atomic E-state index is 0.602. The van der Waals surface area contributed by atoms with E-state index in [-0.39, 0.29) is 0 Å². The minimum atomic E-state index is 0.602. The molecule has 0 spiro atoms. The third-order valence-electron chi connectivity index (χ3n) is 12.3. The summed E-state index contributed by atoms with van der Waals surface area (Å²) in [5, 5.41) is 10.9. The highest BCUT2D eigenvalue weighted by atomic mass is 16.3. The van der Waals surface area contributed by atoms with Crippen LogP contribution in [0, 0.1) is 0 Å². The molecule has 5 nitrogen and oxygen atoms in total. The van der Waals surface area contributed by atoms with Crippen LogP contribution in [-0.4, -0.2) is 15.0 Å². The molecular formula is C57H33N3O2. The number of benzene rings is 10. The van der Waals surface area contributed by atoms with Crippen LogP contribution in [0.15, 0.2) is 209 Å². The van der Waals surface area contributed by atoms with Gasteiger partial charge in [-0.05, 0) is 103 Å². The maximum atomic E-state index is 6.32. The Morgan fingerprint density at radius 1 is 0.258 bits per heavy atom. The highest BCUT2D eigenvalue weighted by Gasteiger charge is 2.20. The molecule has 0 saturated carbocycles. The number of furan rings is 2. The molecule has 0 unspecified atom stereocenters. The lowest BCUT2D eigenvalue weighted by Crippen LogP contribution is -2.01. The van der Waals surface area contributed by atoms with E-state index in [2.05, 4.69) is 164 Å². The van der Waals surface area contributed by atoms with Gasteiger partial charge in [-0.15, -0.1) is 0 Å². The third kappa shape index (κ3) is 5.38. The first-order chi connectivity index (χ1) is 30.7. The van der Waals surface area contributed by atoms with Crippen molar-refractivity contribution in [1.82, 2.24) is 15.0 Å². The second-order valence-corrected chi connectivity index (χ2v) is 15.9. The number of rotatable bonds is 5. The van der Waals surface area contributed by atoms with Gasteiger partial charge in [0.25, 0.3) is 0 Å². The van der Waals surface area contributed by atoms with Crippen molar-refractivity contribution in [3.05, 3.63) is 200 Å². The van der Waals surface area contributed by atoms with Crippen LogP contribution in [0.5, 0.6) is 0 Å². The molecule has 0 radical (unpaired) electrons. The third-order valence-corrected chi connectivity index (χ3v) is 12.3. The number of nitrogens with zero attached hydrogens (tertiary/aromatic N) is 3. The van der Waals surface area contributed by atoms with E-state index in [0.29, 0.717) is 17.5 Å². The fraction of sp³-hybridized carbons (Fsp3) is 0. The summed E-state index contributed by atoms with van der Waals surface area (Å²) in [4.78, 5) is 16.0. The van der Waals surface area contributed by atoms with E-state index in [0.717, 1.165) is 104 Å². The van der Waals surface area contributed by atoms with Crippen LogP contribution < -0.4 is 0 Å². The van der Waals surface area contributed by atoms with Crippen LogP contribution in [0.3, 0.4) is 0 Å². The van der Waals surface area contributed by atoms with Gasteiger partial charge in [-0.25, -0.2) is 15.0 Å². The molecule has 288 valence electrons. The minimum Gasteiger partial charge on any atom is -0.456 e. The fourth-order valence-electron chi connectivity index (χ4n) is 9.45. The quantitative estimate of drug-likeness (QED) is 0.174. The van der Waals surface area contributed by atoms with Gasteiger partial charge in [0.2, 0.25) is 0 Å². The van der Waals surface area contributed by atoms with Gasteiger partial charge in [-0.2, -0.15) is 0 Å². The van der Waals surface area contributed by atoms with E-state index in [1.165, 1.54) is 11.1 Å². The van der Waals surface area contributed by atoms with Crippen molar-refractivity contribution in [1.29, 1.82) is 0 Å². The van der Waals surface area contributed by atoms with Gasteiger partial charge in [0, 0.05) is 38.2 Å². The van der Waals surface area contributed by atoms with Crippen LogP contribution in [0.1, 0.15) is 0 Å². The number of hydrogen-bond donors (Lipinski definition) is 0. The molecule has 0 atom stereocenters. The molecule has 13 aromatic rings. The largest absolute Gasteiger partial charge is 0.456 e. The van der Waals surface area contributed by atoms with Crippen molar-refractivity contribution in [3.63, 3.8) is 0 Å². The Labute approximate surface area is 355 Å². The first-order valence-corrected chi connectivity index (χ1v) is 20.8. The normalized spacial score (nSPS) is 11.9. The Hall–Kier alpha value is -8.41. The summed E-state index contributed by atoms with van der Waals surface area (Å²) in [6.45, 7) is 0. The molecule has 10 aromatic carbocycles. The van der Waals surface area contributed by atoms with E-state index in [1.54, 1.807) is 0 Å². The number of para-hydroxylation sites is 2. The van der Waals surface area contributed by atoms with Gasteiger partial charge in [-0.3, -0.25) is 0 Å². The fourth-order valence-corrected chi connectivity index (χ4v) is 9.45. The van der Waals surface area contributed by atoms with Crippen LogP contribution in [0.4, 0.5) is 0 Å². The van der Waals surface area contributed by atoms with Crippen molar-refractivity contribution in [3.8, 4) is 56.4 Å². The van der Waals surface area contributed by atoms with Crippen molar-refractivity contribution in [2.75, 3.05) is 0 Å². The van der Waals surface area contributed by atoms with E-state index in [9.17, 15) is 0 Å². The summed E-state index contributed by atoms with van der Waals surface area (Å²) in [5.74, 6) is 1.81.